The number of aromatic nitrogens is 5. The number of fused-ring (bicyclic) bond motifs is 1. The highest BCUT2D eigenvalue weighted by Crippen LogP contribution is 2.21. The van der Waals surface area contributed by atoms with Crippen molar-refractivity contribution in [3.05, 3.63) is 112 Å². The Kier molecular flexibility index (Phi) is 8.87. The van der Waals surface area contributed by atoms with E-state index in [1.54, 1.807) is 40.7 Å². The lowest BCUT2D eigenvalue weighted by Gasteiger charge is -2.14. The molecule has 0 atom stereocenters. The fraction of sp³-hybridized carbons (Fsp3) is 0.161. The Morgan fingerprint density at radius 1 is 1.17 bits per heavy atom. The molecule has 0 spiro atoms. The van der Waals surface area contributed by atoms with E-state index in [0.717, 1.165) is 16.6 Å². The summed E-state index contributed by atoms with van der Waals surface area (Å²) in [5.74, 6) is 5.88. The maximum absolute atomic E-state index is 13.4. The fourth-order valence-electron chi connectivity index (χ4n) is 4.44. The van der Waals surface area contributed by atoms with Crippen LogP contribution >= 0.6 is 0 Å². The average Bonchev–Trinajstić information content (AvgIpc) is 3.51. The number of halogens is 1. The molecule has 0 aliphatic heterocycles. The highest BCUT2D eigenvalue weighted by Gasteiger charge is 2.18. The Balaban J connectivity index is 0.000000244. The van der Waals surface area contributed by atoms with Crippen molar-refractivity contribution < 1.29 is 9.18 Å². The van der Waals surface area contributed by atoms with Crippen LogP contribution in [0.4, 0.5) is 16.0 Å². The summed E-state index contributed by atoms with van der Waals surface area (Å²) >= 11 is 0. The van der Waals surface area contributed by atoms with E-state index in [-0.39, 0.29) is 22.8 Å². The predicted octanol–water partition coefficient (Wildman–Crippen LogP) is 3.52. The Morgan fingerprint density at radius 2 is 1.90 bits per heavy atom. The number of hydrogen-bond donors (Lipinski definition) is 3. The molecule has 3 aromatic heterocycles. The predicted molar refractivity (Wildman–Crippen MR) is 163 cm³/mol. The van der Waals surface area contributed by atoms with E-state index in [1.807, 2.05) is 44.4 Å². The average molecular weight is 567 g/mol. The summed E-state index contributed by atoms with van der Waals surface area (Å²) in [6.45, 7) is 6.05. The first-order chi connectivity index (χ1) is 20.1. The lowest BCUT2D eigenvalue weighted by Crippen LogP contribution is -2.22. The highest BCUT2D eigenvalue weighted by atomic mass is 19.1. The van der Waals surface area contributed by atoms with Crippen molar-refractivity contribution in [2.75, 3.05) is 17.6 Å². The summed E-state index contributed by atoms with van der Waals surface area (Å²) < 4.78 is 18.1. The summed E-state index contributed by atoms with van der Waals surface area (Å²) in [5, 5.41) is 12.3. The normalized spacial score (nSPS) is 10.4. The Hall–Kier alpha value is -5.63. The summed E-state index contributed by atoms with van der Waals surface area (Å²) in [5.41, 5.74) is 13.7. The standard InChI is InChI=1S/C23H18FN3O.C8H13N5O/c1-3-20-13-18-6-4-5-17(8-7-16-14-25-26(2)15-16)22(18)23(28)27(20)21-11-9-19(24)10-12-21;1-3-4-11-8-5(7(10)14)6(9)12-13(8)2/h4-6,9-15H,3H2,1-2H3;3,11H,1,4H2,2H3,(H2,9,12)(H2,10,14). The molecule has 10 nitrogen and oxygen atoms in total. The van der Waals surface area contributed by atoms with Gasteiger partial charge in [0.1, 0.15) is 17.2 Å². The van der Waals surface area contributed by atoms with E-state index in [0.29, 0.717) is 35.4 Å². The van der Waals surface area contributed by atoms with Crippen molar-refractivity contribution in [3.63, 3.8) is 0 Å². The number of nitrogens with two attached hydrogens (primary N) is 2. The maximum Gasteiger partial charge on any atom is 0.264 e. The van der Waals surface area contributed by atoms with Crippen molar-refractivity contribution in [2.45, 2.75) is 13.3 Å². The molecule has 214 valence electrons. The number of nitrogens with one attached hydrogen (secondary N) is 1. The van der Waals surface area contributed by atoms with Gasteiger partial charge in [0, 0.05) is 43.8 Å². The lowest BCUT2D eigenvalue weighted by molar-refractivity contribution is 0.100. The largest absolute Gasteiger partial charge is 0.381 e. The van der Waals surface area contributed by atoms with Gasteiger partial charge in [0.25, 0.3) is 11.5 Å². The van der Waals surface area contributed by atoms with Crippen molar-refractivity contribution in [2.24, 2.45) is 19.8 Å². The van der Waals surface area contributed by atoms with E-state index in [1.165, 1.54) is 16.8 Å². The molecule has 42 heavy (non-hydrogen) atoms. The van der Waals surface area contributed by atoms with Crippen molar-refractivity contribution >= 4 is 28.3 Å². The molecule has 5 aromatic rings. The summed E-state index contributed by atoms with van der Waals surface area (Å²) in [7, 11) is 3.50. The van der Waals surface area contributed by atoms with Crippen LogP contribution in [0.2, 0.25) is 0 Å². The summed E-state index contributed by atoms with van der Waals surface area (Å²) in [6.07, 6.45) is 5.84. The fourth-order valence-corrected chi connectivity index (χ4v) is 4.44. The first-order valence-electron chi connectivity index (χ1n) is 13.1. The number of hydrogen-bond acceptors (Lipinski definition) is 6. The van der Waals surface area contributed by atoms with Gasteiger partial charge in [-0.05, 0) is 48.2 Å². The Bertz CT molecular complexity index is 1890. The van der Waals surface area contributed by atoms with Gasteiger partial charge >= 0.3 is 0 Å². The second-order valence-corrected chi connectivity index (χ2v) is 9.29. The number of carbonyl (C=O) groups is 1. The number of anilines is 2. The number of carbonyl (C=O) groups excluding carboxylic acids is 1. The molecule has 0 saturated heterocycles. The molecule has 0 aliphatic rings. The molecular formula is C31H31FN8O2. The number of aryl methyl sites for hydroxylation is 3. The van der Waals surface area contributed by atoms with Crippen LogP contribution in [-0.4, -0.2) is 36.6 Å². The van der Waals surface area contributed by atoms with Gasteiger partial charge in [-0.2, -0.15) is 10.2 Å². The van der Waals surface area contributed by atoms with Crippen LogP contribution in [0, 0.1) is 17.7 Å². The van der Waals surface area contributed by atoms with Gasteiger partial charge in [-0.3, -0.25) is 23.5 Å². The minimum absolute atomic E-state index is 0.131. The molecule has 0 radical (unpaired) electrons. The topological polar surface area (TPSA) is 139 Å². The van der Waals surface area contributed by atoms with E-state index < -0.39 is 5.91 Å². The second kappa shape index (κ2) is 12.7. The third-order valence-electron chi connectivity index (χ3n) is 6.35. The molecule has 0 saturated carbocycles. The van der Waals surface area contributed by atoms with Crippen LogP contribution in [-0.2, 0) is 20.5 Å². The van der Waals surface area contributed by atoms with Crippen LogP contribution in [0.5, 0.6) is 0 Å². The number of nitrogen functional groups attached to an aromatic ring is 1. The Morgan fingerprint density at radius 3 is 2.52 bits per heavy atom. The zero-order chi connectivity index (χ0) is 30.4. The minimum Gasteiger partial charge on any atom is -0.381 e. The van der Waals surface area contributed by atoms with Crippen LogP contribution in [0.15, 0.2) is 78.4 Å². The molecule has 1 amide bonds. The maximum atomic E-state index is 13.4. The molecule has 0 aliphatic carbocycles. The molecule has 5 rings (SSSR count). The van der Waals surface area contributed by atoms with Crippen LogP contribution in [0.3, 0.4) is 0 Å². The molecule has 0 bridgehead atoms. The smallest absolute Gasteiger partial charge is 0.264 e. The molecule has 3 heterocycles. The Labute approximate surface area is 242 Å². The molecule has 2 aromatic carbocycles. The van der Waals surface area contributed by atoms with Gasteiger partial charge in [-0.25, -0.2) is 4.39 Å². The van der Waals surface area contributed by atoms with Crippen LogP contribution in [0.1, 0.15) is 34.1 Å². The van der Waals surface area contributed by atoms with Crippen molar-refractivity contribution in [3.8, 4) is 17.5 Å². The van der Waals surface area contributed by atoms with Gasteiger partial charge < -0.3 is 16.8 Å². The summed E-state index contributed by atoms with van der Waals surface area (Å²) in [4.78, 5) is 24.5. The van der Waals surface area contributed by atoms with Gasteiger partial charge in [0.2, 0.25) is 0 Å². The van der Waals surface area contributed by atoms with E-state index >= 15 is 0 Å². The zero-order valence-corrected chi connectivity index (χ0v) is 23.6. The number of nitrogens with zero attached hydrogens (tertiary/aromatic N) is 5. The molecule has 11 heteroatoms. The molecular weight excluding hydrogens is 535 g/mol. The number of primary amides is 1. The third kappa shape index (κ3) is 6.23. The van der Waals surface area contributed by atoms with Gasteiger partial charge in [-0.15, -0.1) is 6.58 Å². The minimum atomic E-state index is -0.595. The number of amides is 1. The molecule has 5 N–H and O–H groups in total. The quantitative estimate of drug-likeness (QED) is 0.212. The first kappa shape index (κ1) is 29.4. The molecule has 0 unspecified atom stereocenters. The van der Waals surface area contributed by atoms with Gasteiger partial charge in [0.15, 0.2) is 5.82 Å². The monoisotopic (exact) mass is 566 g/mol. The number of pyridine rings is 1. The van der Waals surface area contributed by atoms with E-state index in [4.69, 9.17) is 11.5 Å². The third-order valence-corrected chi connectivity index (χ3v) is 6.35. The summed E-state index contributed by atoms with van der Waals surface area (Å²) in [6, 6.07) is 13.6. The van der Waals surface area contributed by atoms with Crippen LogP contribution < -0.4 is 22.3 Å². The second-order valence-electron chi connectivity index (χ2n) is 9.29. The van der Waals surface area contributed by atoms with Crippen molar-refractivity contribution in [1.29, 1.82) is 0 Å². The van der Waals surface area contributed by atoms with Gasteiger partial charge in [-0.1, -0.05) is 37.0 Å². The zero-order valence-electron chi connectivity index (χ0n) is 23.6. The van der Waals surface area contributed by atoms with Crippen LogP contribution in [0.25, 0.3) is 16.5 Å². The highest BCUT2D eigenvalue weighted by molar-refractivity contribution is 6.02. The van der Waals surface area contributed by atoms with Crippen molar-refractivity contribution in [1.82, 2.24) is 24.1 Å². The van der Waals surface area contributed by atoms with Gasteiger partial charge in [0.05, 0.1) is 17.1 Å². The number of rotatable bonds is 6. The van der Waals surface area contributed by atoms with E-state index in [2.05, 4.69) is 33.9 Å². The SMILES string of the molecule is C=CCNc1c(C(N)=O)c(N)nn1C.CCc1cc2cccc(C#Cc3cnn(C)c3)c2c(=O)n1-c1ccc(F)cc1. The van der Waals surface area contributed by atoms with E-state index in [9.17, 15) is 14.0 Å². The first-order valence-corrected chi connectivity index (χ1v) is 13.1. The lowest BCUT2D eigenvalue weighted by atomic mass is 10.0. The molecule has 0 fully saturated rings. The number of benzene rings is 2.